The van der Waals surface area contributed by atoms with Crippen molar-refractivity contribution in [1.82, 2.24) is 4.90 Å². The highest BCUT2D eigenvalue weighted by molar-refractivity contribution is 8.18. The Morgan fingerprint density at radius 3 is 2.52 bits per heavy atom. The van der Waals surface area contributed by atoms with Crippen molar-refractivity contribution in [3.05, 3.63) is 68.3 Å². The number of ether oxygens (including phenoxy) is 2. The van der Waals surface area contributed by atoms with Crippen LogP contribution < -0.4 is 4.74 Å². The Hall–Kier alpha value is -2.55. The van der Waals surface area contributed by atoms with Crippen molar-refractivity contribution < 1.29 is 28.2 Å². The normalized spacial score (nSPS) is 15.0. The maximum atomic E-state index is 13.8. The molecule has 10 heteroatoms. The van der Waals surface area contributed by atoms with Gasteiger partial charge >= 0.3 is 5.97 Å². The van der Waals surface area contributed by atoms with Gasteiger partial charge in [-0.2, -0.15) is 0 Å². The molecule has 6 nitrogen and oxygen atoms in total. The van der Waals surface area contributed by atoms with Crippen LogP contribution in [0.15, 0.2) is 41.3 Å². The van der Waals surface area contributed by atoms with E-state index in [4.69, 9.17) is 32.7 Å². The molecule has 0 unspecified atom stereocenters. The number of nitrogens with zero attached hydrogens (tertiary/aromatic N) is 1. The van der Waals surface area contributed by atoms with Crippen molar-refractivity contribution in [3.8, 4) is 5.75 Å². The van der Waals surface area contributed by atoms with E-state index in [0.29, 0.717) is 22.9 Å². The summed E-state index contributed by atoms with van der Waals surface area (Å²) in [6.45, 7) is 1.24. The third-order valence-corrected chi connectivity index (χ3v) is 5.58. The van der Waals surface area contributed by atoms with Crippen molar-refractivity contribution in [2.45, 2.75) is 13.5 Å². The van der Waals surface area contributed by atoms with E-state index < -0.39 is 29.5 Å². The Labute approximate surface area is 191 Å². The number of imide groups is 1. The number of carbonyl (C=O) groups excluding carboxylic acids is 3. The lowest BCUT2D eigenvalue weighted by Gasteiger charge is -2.12. The number of rotatable bonds is 7. The Morgan fingerprint density at radius 2 is 1.87 bits per heavy atom. The largest absolute Gasteiger partial charge is 0.486 e. The predicted octanol–water partition coefficient (Wildman–Crippen LogP) is 5.31. The molecule has 3 rings (SSSR count). The molecule has 0 aromatic heterocycles. The molecule has 2 amide bonds. The van der Waals surface area contributed by atoms with Gasteiger partial charge in [0.1, 0.15) is 19.0 Å². The molecule has 31 heavy (non-hydrogen) atoms. The van der Waals surface area contributed by atoms with Gasteiger partial charge in [-0.05, 0) is 48.5 Å². The summed E-state index contributed by atoms with van der Waals surface area (Å²) in [7, 11) is 0. The molecule has 0 aliphatic carbocycles. The molecule has 0 saturated carbocycles. The van der Waals surface area contributed by atoms with Gasteiger partial charge in [0.15, 0.2) is 5.75 Å². The van der Waals surface area contributed by atoms with Crippen molar-refractivity contribution >= 4 is 58.2 Å². The second kappa shape index (κ2) is 10.2. The van der Waals surface area contributed by atoms with Gasteiger partial charge in [-0.15, -0.1) is 0 Å². The molecular weight excluding hydrogens is 468 g/mol. The van der Waals surface area contributed by atoms with Crippen molar-refractivity contribution in [1.29, 1.82) is 0 Å². The number of halogens is 3. The van der Waals surface area contributed by atoms with Crippen LogP contribution in [0.1, 0.15) is 18.1 Å². The van der Waals surface area contributed by atoms with Crippen molar-refractivity contribution in [3.63, 3.8) is 0 Å². The molecule has 2 aromatic rings. The standard InChI is InChI=1S/C21H16Cl2FNO5S/c1-2-29-18(26)10-25-20(27)17(31-21(25)28)9-12-7-14(22)19(15(23)8-12)30-11-13-5-3-4-6-16(13)24/h3-9H,2,10-11H2,1H3. The van der Waals surface area contributed by atoms with Gasteiger partial charge in [0.05, 0.1) is 21.6 Å². The lowest BCUT2D eigenvalue weighted by atomic mass is 10.2. The van der Waals surface area contributed by atoms with Gasteiger partial charge in [0, 0.05) is 5.56 Å². The first kappa shape index (κ1) is 23.1. The van der Waals surface area contributed by atoms with Crippen LogP contribution in [0, 0.1) is 5.82 Å². The molecule has 0 atom stereocenters. The second-order valence-electron chi connectivity index (χ2n) is 6.27. The topological polar surface area (TPSA) is 72.9 Å². The van der Waals surface area contributed by atoms with Gasteiger partial charge in [-0.25, -0.2) is 4.39 Å². The fourth-order valence-corrected chi connectivity index (χ4v) is 4.14. The summed E-state index contributed by atoms with van der Waals surface area (Å²) in [5.74, 6) is -1.53. The van der Waals surface area contributed by atoms with Gasteiger partial charge in [-0.1, -0.05) is 41.4 Å². The molecule has 1 aliphatic rings. The number of amides is 2. The zero-order chi connectivity index (χ0) is 22.5. The maximum absolute atomic E-state index is 13.8. The summed E-state index contributed by atoms with van der Waals surface area (Å²) in [6.07, 6.45) is 1.44. The molecule has 0 spiro atoms. The first-order valence-electron chi connectivity index (χ1n) is 9.06. The highest BCUT2D eigenvalue weighted by Gasteiger charge is 2.36. The van der Waals surface area contributed by atoms with E-state index in [1.54, 1.807) is 25.1 Å². The van der Waals surface area contributed by atoms with E-state index >= 15 is 0 Å². The van der Waals surface area contributed by atoms with Gasteiger partial charge in [-0.3, -0.25) is 19.3 Å². The number of hydrogen-bond donors (Lipinski definition) is 0. The number of benzene rings is 2. The first-order chi connectivity index (χ1) is 14.8. The zero-order valence-corrected chi connectivity index (χ0v) is 18.5. The van der Waals surface area contributed by atoms with E-state index in [2.05, 4.69) is 0 Å². The molecule has 1 heterocycles. The van der Waals surface area contributed by atoms with Gasteiger partial charge in [0.25, 0.3) is 11.1 Å². The van der Waals surface area contributed by atoms with Crippen LogP contribution in [0.25, 0.3) is 6.08 Å². The highest BCUT2D eigenvalue weighted by Crippen LogP contribution is 2.37. The van der Waals surface area contributed by atoms with Gasteiger partial charge in [0.2, 0.25) is 0 Å². The average molecular weight is 484 g/mol. The van der Waals surface area contributed by atoms with Crippen LogP contribution in [0.2, 0.25) is 10.0 Å². The zero-order valence-electron chi connectivity index (χ0n) is 16.2. The van der Waals surface area contributed by atoms with E-state index in [9.17, 15) is 18.8 Å². The highest BCUT2D eigenvalue weighted by atomic mass is 35.5. The molecule has 1 saturated heterocycles. The number of carbonyl (C=O) groups is 3. The summed E-state index contributed by atoms with van der Waals surface area (Å²) < 4.78 is 24.1. The second-order valence-corrected chi connectivity index (χ2v) is 8.07. The lowest BCUT2D eigenvalue weighted by molar-refractivity contribution is -0.145. The summed E-state index contributed by atoms with van der Waals surface area (Å²) >= 11 is 13.2. The molecular formula is C21H16Cl2FNO5S. The van der Waals surface area contributed by atoms with E-state index in [-0.39, 0.29) is 33.9 Å². The van der Waals surface area contributed by atoms with E-state index in [0.717, 1.165) is 4.90 Å². The molecule has 0 radical (unpaired) electrons. The maximum Gasteiger partial charge on any atom is 0.326 e. The smallest absolute Gasteiger partial charge is 0.326 e. The molecule has 0 N–H and O–H groups in total. The Kier molecular flexibility index (Phi) is 7.59. The molecule has 0 bridgehead atoms. The molecule has 1 fully saturated rings. The number of esters is 1. The quantitative estimate of drug-likeness (QED) is 0.392. The fraction of sp³-hybridized carbons (Fsp3) is 0.190. The minimum atomic E-state index is -0.673. The van der Waals surface area contributed by atoms with Crippen LogP contribution in [-0.4, -0.2) is 35.2 Å². The monoisotopic (exact) mass is 483 g/mol. The Bertz CT molecular complexity index is 1050. The predicted molar refractivity (Wildman–Crippen MR) is 117 cm³/mol. The number of hydrogen-bond acceptors (Lipinski definition) is 6. The number of thioether (sulfide) groups is 1. The summed E-state index contributed by atoms with van der Waals surface area (Å²) in [5.41, 5.74) is 0.795. The average Bonchev–Trinajstić information content (AvgIpc) is 2.96. The fourth-order valence-electron chi connectivity index (χ4n) is 2.69. The van der Waals surface area contributed by atoms with E-state index in [1.807, 2.05) is 0 Å². The van der Waals surface area contributed by atoms with Crippen molar-refractivity contribution in [2.75, 3.05) is 13.2 Å². The van der Waals surface area contributed by atoms with Crippen LogP contribution in [-0.2, 0) is 20.9 Å². The summed E-state index contributed by atoms with van der Waals surface area (Å²) in [4.78, 5) is 37.1. The molecule has 1 aliphatic heterocycles. The van der Waals surface area contributed by atoms with Crippen molar-refractivity contribution in [2.24, 2.45) is 0 Å². The Balaban J connectivity index is 1.76. The van der Waals surface area contributed by atoms with Crippen LogP contribution in [0.4, 0.5) is 9.18 Å². The summed E-state index contributed by atoms with van der Waals surface area (Å²) in [5, 5.41) is -0.270. The first-order valence-corrected chi connectivity index (χ1v) is 10.6. The summed E-state index contributed by atoms with van der Waals surface area (Å²) in [6, 6.07) is 9.16. The minimum Gasteiger partial charge on any atom is -0.486 e. The van der Waals surface area contributed by atoms with E-state index in [1.165, 1.54) is 24.3 Å². The third-order valence-electron chi connectivity index (χ3n) is 4.11. The Morgan fingerprint density at radius 1 is 1.19 bits per heavy atom. The SMILES string of the molecule is CCOC(=O)CN1C(=O)SC(=Cc2cc(Cl)c(OCc3ccccc3F)c(Cl)c2)C1=O. The lowest BCUT2D eigenvalue weighted by Crippen LogP contribution is -2.34. The molecule has 162 valence electrons. The molecule has 2 aromatic carbocycles. The van der Waals surface area contributed by atoms with Crippen LogP contribution in [0.5, 0.6) is 5.75 Å². The van der Waals surface area contributed by atoms with Gasteiger partial charge < -0.3 is 9.47 Å². The van der Waals surface area contributed by atoms with Crippen LogP contribution >= 0.6 is 35.0 Å². The third kappa shape index (κ3) is 5.58. The van der Waals surface area contributed by atoms with Crippen LogP contribution in [0.3, 0.4) is 0 Å². The minimum absolute atomic E-state index is 0.0712.